The SMILES string of the molecule is Cc1cc2c(cc1C)N(Cc1cccc(C#N)c1)C(=O)C(C)N2. The van der Waals surface area contributed by atoms with E-state index in [2.05, 4.69) is 30.4 Å². The van der Waals surface area contributed by atoms with Gasteiger partial charge in [0.1, 0.15) is 6.04 Å². The number of aryl methyl sites for hydroxylation is 2. The molecule has 1 aliphatic rings. The van der Waals surface area contributed by atoms with E-state index in [1.54, 1.807) is 11.0 Å². The highest BCUT2D eigenvalue weighted by Crippen LogP contribution is 2.35. The summed E-state index contributed by atoms with van der Waals surface area (Å²) in [4.78, 5) is 14.4. The maximum absolute atomic E-state index is 12.6. The van der Waals surface area contributed by atoms with E-state index in [9.17, 15) is 4.79 Å². The molecule has 2 aromatic carbocycles. The Morgan fingerprint density at radius 1 is 1.22 bits per heavy atom. The molecule has 1 atom stereocenters. The Hall–Kier alpha value is -2.80. The molecule has 1 N–H and O–H groups in total. The molecule has 3 rings (SSSR count). The van der Waals surface area contributed by atoms with Gasteiger partial charge < -0.3 is 10.2 Å². The first-order chi connectivity index (χ1) is 11.0. The van der Waals surface area contributed by atoms with E-state index in [1.165, 1.54) is 5.56 Å². The van der Waals surface area contributed by atoms with Crippen molar-refractivity contribution < 1.29 is 4.79 Å². The van der Waals surface area contributed by atoms with Crippen molar-refractivity contribution in [2.24, 2.45) is 0 Å². The Morgan fingerprint density at radius 2 is 1.96 bits per heavy atom. The molecule has 0 aromatic heterocycles. The number of nitrogens with zero attached hydrogens (tertiary/aromatic N) is 2. The highest BCUT2D eigenvalue weighted by atomic mass is 16.2. The van der Waals surface area contributed by atoms with Gasteiger partial charge in [-0.2, -0.15) is 5.26 Å². The van der Waals surface area contributed by atoms with E-state index in [1.807, 2.05) is 32.0 Å². The molecule has 0 saturated carbocycles. The number of hydrogen-bond acceptors (Lipinski definition) is 3. The lowest BCUT2D eigenvalue weighted by Gasteiger charge is -2.34. The summed E-state index contributed by atoms with van der Waals surface area (Å²) in [6.45, 7) is 6.46. The summed E-state index contributed by atoms with van der Waals surface area (Å²) in [5.74, 6) is 0.0445. The van der Waals surface area contributed by atoms with E-state index >= 15 is 0 Å². The standard InChI is InChI=1S/C19H19N3O/c1-12-7-17-18(8-13(12)2)22(19(23)14(3)21-17)11-16-6-4-5-15(9-16)10-20/h4-9,14,21H,11H2,1-3H3. The molecule has 0 saturated heterocycles. The minimum Gasteiger partial charge on any atom is -0.372 e. The molecule has 0 radical (unpaired) electrons. The van der Waals surface area contributed by atoms with E-state index in [0.717, 1.165) is 22.5 Å². The second kappa shape index (κ2) is 5.77. The zero-order valence-electron chi connectivity index (χ0n) is 13.6. The number of rotatable bonds is 2. The van der Waals surface area contributed by atoms with Crippen LogP contribution in [0.15, 0.2) is 36.4 Å². The van der Waals surface area contributed by atoms with Crippen molar-refractivity contribution in [3.63, 3.8) is 0 Å². The van der Waals surface area contributed by atoms with Gasteiger partial charge in [0.15, 0.2) is 0 Å². The summed E-state index contributed by atoms with van der Waals surface area (Å²) >= 11 is 0. The number of hydrogen-bond donors (Lipinski definition) is 1. The molecule has 1 heterocycles. The molecule has 4 heteroatoms. The van der Waals surface area contributed by atoms with Gasteiger partial charge in [-0.25, -0.2) is 0 Å². The van der Waals surface area contributed by atoms with Crippen LogP contribution < -0.4 is 10.2 Å². The number of carbonyl (C=O) groups is 1. The molecule has 1 aliphatic heterocycles. The highest BCUT2D eigenvalue weighted by molar-refractivity contribution is 6.04. The van der Waals surface area contributed by atoms with Crippen LogP contribution in [0.5, 0.6) is 0 Å². The van der Waals surface area contributed by atoms with Gasteiger partial charge >= 0.3 is 0 Å². The third-order valence-corrected chi connectivity index (χ3v) is 4.31. The van der Waals surface area contributed by atoms with Gasteiger partial charge in [-0.15, -0.1) is 0 Å². The molecular weight excluding hydrogens is 286 g/mol. The number of fused-ring (bicyclic) bond motifs is 1. The molecule has 0 fully saturated rings. The van der Waals surface area contributed by atoms with Crippen LogP contribution >= 0.6 is 0 Å². The Kier molecular flexibility index (Phi) is 3.79. The number of nitrogens with one attached hydrogen (secondary N) is 1. The number of carbonyl (C=O) groups excluding carboxylic acids is 1. The Morgan fingerprint density at radius 3 is 2.70 bits per heavy atom. The van der Waals surface area contributed by atoms with Crippen LogP contribution in [0.4, 0.5) is 11.4 Å². The fourth-order valence-corrected chi connectivity index (χ4v) is 2.87. The van der Waals surface area contributed by atoms with Gasteiger partial charge in [0.05, 0.1) is 29.6 Å². The topological polar surface area (TPSA) is 56.1 Å². The minimum absolute atomic E-state index is 0.0445. The molecule has 23 heavy (non-hydrogen) atoms. The Labute approximate surface area is 136 Å². The van der Waals surface area contributed by atoms with Crippen LogP contribution in [0, 0.1) is 25.2 Å². The quantitative estimate of drug-likeness (QED) is 0.923. The normalized spacial score (nSPS) is 16.5. The summed E-state index contributed by atoms with van der Waals surface area (Å²) in [5.41, 5.74) is 5.80. The maximum Gasteiger partial charge on any atom is 0.249 e. The van der Waals surface area contributed by atoms with E-state index in [-0.39, 0.29) is 11.9 Å². The van der Waals surface area contributed by atoms with Gasteiger partial charge in [-0.1, -0.05) is 12.1 Å². The lowest BCUT2D eigenvalue weighted by molar-refractivity contribution is -0.119. The predicted octanol–water partition coefficient (Wildman–Crippen LogP) is 3.52. The average Bonchev–Trinajstić information content (AvgIpc) is 2.54. The summed E-state index contributed by atoms with van der Waals surface area (Å²) in [5, 5.41) is 12.3. The monoisotopic (exact) mass is 305 g/mol. The van der Waals surface area contributed by atoms with E-state index in [0.29, 0.717) is 12.1 Å². The number of benzene rings is 2. The van der Waals surface area contributed by atoms with Gasteiger partial charge in [-0.05, 0) is 61.7 Å². The second-order valence-electron chi connectivity index (χ2n) is 6.06. The summed E-state index contributed by atoms with van der Waals surface area (Å²) in [6.07, 6.45) is 0. The van der Waals surface area contributed by atoms with Crippen LogP contribution in [0.3, 0.4) is 0 Å². The van der Waals surface area contributed by atoms with Gasteiger partial charge in [-0.3, -0.25) is 4.79 Å². The molecule has 1 amide bonds. The molecule has 1 unspecified atom stereocenters. The molecule has 0 bridgehead atoms. The van der Waals surface area contributed by atoms with Crippen molar-refractivity contribution in [2.45, 2.75) is 33.4 Å². The van der Waals surface area contributed by atoms with Crippen LogP contribution in [0.1, 0.15) is 29.2 Å². The Bertz CT molecular complexity index is 820. The van der Waals surface area contributed by atoms with Gasteiger partial charge in [0, 0.05) is 0 Å². The van der Waals surface area contributed by atoms with Crippen LogP contribution in [-0.2, 0) is 11.3 Å². The summed E-state index contributed by atoms with van der Waals surface area (Å²) in [7, 11) is 0. The molecule has 4 nitrogen and oxygen atoms in total. The van der Waals surface area contributed by atoms with Crippen LogP contribution in [0.2, 0.25) is 0 Å². The van der Waals surface area contributed by atoms with E-state index < -0.39 is 0 Å². The predicted molar refractivity (Wildman–Crippen MR) is 91.3 cm³/mol. The Balaban J connectivity index is 2.02. The molecule has 0 aliphatic carbocycles. The first kappa shape index (κ1) is 15.1. The largest absolute Gasteiger partial charge is 0.372 e. The first-order valence-corrected chi connectivity index (χ1v) is 7.68. The first-order valence-electron chi connectivity index (χ1n) is 7.68. The molecule has 116 valence electrons. The molecule has 0 spiro atoms. The maximum atomic E-state index is 12.6. The van der Waals surface area contributed by atoms with Crippen LogP contribution in [0.25, 0.3) is 0 Å². The zero-order chi connectivity index (χ0) is 16.6. The lowest BCUT2D eigenvalue weighted by atomic mass is 10.0. The fraction of sp³-hybridized carbons (Fsp3) is 0.263. The lowest BCUT2D eigenvalue weighted by Crippen LogP contribution is -2.45. The summed E-state index contributed by atoms with van der Waals surface area (Å²) in [6, 6.07) is 13.4. The zero-order valence-corrected chi connectivity index (χ0v) is 13.6. The van der Waals surface area contributed by atoms with E-state index in [4.69, 9.17) is 5.26 Å². The highest BCUT2D eigenvalue weighted by Gasteiger charge is 2.30. The van der Waals surface area contributed by atoms with Crippen molar-refractivity contribution >= 4 is 17.3 Å². The smallest absolute Gasteiger partial charge is 0.249 e. The third-order valence-electron chi connectivity index (χ3n) is 4.31. The molecule has 2 aromatic rings. The minimum atomic E-state index is -0.260. The third kappa shape index (κ3) is 2.78. The number of anilines is 2. The van der Waals surface area contributed by atoms with Gasteiger partial charge in [0.2, 0.25) is 5.91 Å². The number of amides is 1. The van der Waals surface area contributed by atoms with Crippen LogP contribution in [-0.4, -0.2) is 11.9 Å². The summed E-state index contributed by atoms with van der Waals surface area (Å²) < 4.78 is 0. The number of nitriles is 1. The van der Waals surface area contributed by atoms with Crippen molar-refractivity contribution in [3.8, 4) is 6.07 Å². The fourth-order valence-electron chi connectivity index (χ4n) is 2.87. The second-order valence-corrected chi connectivity index (χ2v) is 6.06. The van der Waals surface area contributed by atoms with Crippen molar-refractivity contribution in [2.75, 3.05) is 10.2 Å². The molecular formula is C19H19N3O. The average molecular weight is 305 g/mol. The van der Waals surface area contributed by atoms with Crippen molar-refractivity contribution in [1.29, 1.82) is 5.26 Å². The van der Waals surface area contributed by atoms with Crippen molar-refractivity contribution in [1.82, 2.24) is 0 Å². The van der Waals surface area contributed by atoms with Crippen molar-refractivity contribution in [3.05, 3.63) is 58.7 Å². The van der Waals surface area contributed by atoms with Gasteiger partial charge in [0.25, 0.3) is 0 Å².